The van der Waals surface area contributed by atoms with Crippen LogP contribution in [0.25, 0.3) is 0 Å². The molecule has 2 aliphatic carbocycles. The zero-order valence-corrected chi connectivity index (χ0v) is 11.7. The molecule has 3 fully saturated rings. The summed E-state index contributed by atoms with van der Waals surface area (Å²) >= 11 is 0. The quantitative estimate of drug-likeness (QED) is 0.788. The molecule has 0 aromatic rings. The SMILES string of the molecule is CCC1CCC(NC2CC(=O)N(C3CC3)C2=O)CC1. The Bertz CT molecular complexity index is 370. The summed E-state index contributed by atoms with van der Waals surface area (Å²) in [5.74, 6) is 0.930. The molecule has 3 rings (SSSR count). The van der Waals surface area contributed by atoms with Crippen molar-refractivity contribution in [3.05, 3.63) is 0 Å². The summed E-state index contributed by atoms with van der Waals surface area (Å²) in [6.07, 6.45) is 8.48. The van der Waals surface area contributed by atoms with Gasteiger partial charge in [0.1, 0.15) is 0 Å². The first kappa shape index (κ1) is 13.1. The zero-order valence-electron chi connectivity index (χ0n) is 11.7. The maximum Gasteiger partial charge on any atom is 0.247 e. The average Bonchev–Trinajstić information content (AvgIpc) is 3.19. The van der Waals surface area contributed by atoms with Crippen LogP contribution in [0.1, 0.15) is 58.3 Å². The summed E-state index contributed by atoms with van der Waals surface area (Å²) in [5, 5.41) is 3.44. The van der Waals surface area contributed by atoms with E-state index in [1.165, 1.54) is 24.2 Å². The number of rotatable bonds is 4. The first-order chi connectivity index (χ1) is 9.19. The minimum absolute atomic E-state index is 0.0325. The van der Waals surface area contributed by atoms with E-state index in [9.17, 15) is 9.59 Å². The van der Waals surface area contributed by atoms with E-state index in [0.717, 1.165) is 31.6 Å². The van der Waals surface area contributed by atoms with E-state index in [4.69, 9.17) is 0 Å². The predicted molar refractivity (Wildman–Crippen MR) is 72.5 cm³/mol. The van der Waals surface area contributed by atoms with Crippen LogP contribution in [0.2, 0.25) is 0 Å². The van der Waals surface area contributed by atoms with Gasteiger partial charge < -0.3 is 5.32 Å². The van der Waals surface area contributed by atoms with Crippen molar-refractivity contribution in [3.63, 3.8) is 0 Å². The molecular formula is C15H24N2O2. The highest BCUT2D eigenvalue weighted by Crippen LogP contribution is 2.32. The molecule has 4 nitrogen and oxygen atoms in total. The molecule has 106 valence electrons. The first-order valence-electron chi connectivity index (χ1n) is 7.81. The second-order valence-electron chi connectivity index (χ2n) is 6.38. The smallest absolute Gasteiger partial charge is 0.247 e. The van der Waals surface area contributed by atoms with Crippen molar-refractivity contribution in [1.82, 2.24) is 10.2 Å². The van der Waals surface area contributed by atoms with E-state index in [1.807, 2.05) is 0 Å². The molecule has 3 aliphatic rings. The average molecular weight is 264 g/mol. The molecule has 19 heavy (non-hydrogen) atoms. The second-order valence-corrected chi connectivity index (χ2v) is 6.38. The number of nitrogens with one attached hydrogen (secondary N) is 1. The minimum Gasteiger partial charge on any atom is -0.303 e. The Hall–Kier alpha value is -0.900. The second kappa shape index (κ2) is 5.23. The molecule has 1 heterocycles. The van der Waals surface area contributed by atoms with Crippen LogP contribution in [-0.2, 0) is 9.59 Å². The van der Waals surface area contributed by atoms with Gasteiger partial charge >= 0.3 is 0 Å². The Morgan fingerprint density at radius 3 is 2.37 bits per heavy atom. The summed E-state index contributed by atoms with van der Waals surface area (Å²) in [6.45, 7) is 2.26. The lowest BCUT2D eigenvalue weighted by Gasteiger charge is -2.30. The van der Waals surface area contributed by atoms with Crippen molar-refractivity contribution >= 4 is 11.8 Å². The molecule has 0 aromatic carbocycles. The van der Waals surface area contributed by atoms with E-state index in [1.54, 1.807) is 0 Å². The van der Waals surface area contributed by atoms with Crippen LogP contribution in [0, 0.1) is 5.92 Å². The molecule has 1 saturated heterocycles. The van der Waals surface area contributed by atoms with E-state index in [2.05, 4.69) is 12.2 Å². The number of carbonyl (C=O) groups excluding carboxylic acids is 2. The van der Waals surface area contributed by atoms with Crippen molar-refractivity contribution in [1.29, 1.82) is 0 Å². The van der Waals surface area contributed by atoms with Gasteiger partial charge in [-0.3, -0.25) is 14.5 Å². The molecule has 0 aromatic heterocycles. The lowest BCUT2D eigenvalue weighted by Crippen LogP contribution is -2.45. The van der Waals surface area contributed by atoms with Gasteiger partial charge in [0, 0.05) is 12.1 Å². The molecule has 2 saturated carbocycles. The highest BCUT2D eigenvalue weighted by atomic mass is 16.2. The molecule has 1 N–H and O–H groups in total. The lowest BCUT2D eigenvalue weighted by molar-refractivity contribution is -0.139. The van der Waals surface area contributed by atoms with Crippen LogP contribution in [0.4, 0.5) is 0 Å². The fourth-order valence-corrected chi connectivity index (χ4v) is 3.52. The summed E-state index contributed by atoms with van der Waals surface area (Å²) in [5.41, 5.74) is 0. The fraction of sp³-hybridized carbons (Fsp3) is 0.867. The van der Waals surface area contributed by atoms with Crippen LogP contribution in [0.15, 0.2) is 0 Å². The van der Waals surface area contributed by atoms with Gasteiger partial charge in [0.05, 0.1) is 12.5 Å². The molecule has 0 radical (unpaired) electrons. The number of likely N-dealkylation sites (tertiary alicyclic amines) is 1. The molecule has 0 bridgehead atoms. The van der Waals surface area contributed by atoms with Gasteiger partial charge in [-0.2, -0.15) is 0 Å². The number of hydrogen-bond donors (Lipinski definition) is 1. The molecule has 0 spiro atoms. The summed E-state index contributed by atoms with van der Waals surface area (Å²) in [7, 11) is 0. The number of amides is 2. The monoisotopic (exact) mass is 264 g/mol. The van der Waals surface area contributed by atoms with Crippen molar-refractivity contribution in [3.8, 4) is 0 Å². The maximum atomic E-state index is 12.2. The van der Waals surface area contributed by atoms with Gasteiger partial charge in [-0.15, -0.1) is 0 Å². The number of nitrogens with zero attached hydrogens (tertiary/aromatic N) is 1. The van der Waals surface area contributed by atoms with Crippen molar-refractivity contribution in [2.45, 2.75) is 76.4 Å². The Labute approximate surface area is 114 Å². The highest BCUT2D eigenvalue weighted by Gasteiger charge is 2.46. The largest absolute Gasteiger partial charge is 0.303 e. The zero-order chi connectivity index (χ0) is 13.4. The van der Waals surface area contributed by atoms with Crippen LogP contribution < -0.4 is 5.32 Å². The van der Waals surface area contributed by atoms with Gasteiger partial charge in [0.2, 0.25) is 11.8 Å². The third kappa shape index (κ3) is 2.69. The number of imide groups is 1. The number of hydrogen-bond acceptors (Lipinski definition) is 3. The third-order valence-electron chi connectivity index (χ3n) is 4.96. The standard InChI is InChI=1S/C15H24N2O2/c1-2-10-3-5-11(6-4-10)16-13-9-14(18)17(15(13)19)12-7-8-12/h10-13,16H,2-9H2,1H3. The van der Waals surface area contributed by atoms with Gasteiger partial charge in [-0.05, 0) is 44.4 Å². The highest BCUT2D eigenvalue weighted by molar-refractivity contribution is 6.06. The summed E-state index contributed by atoms with van der Waals surface area (Å²) in [6, 6.07) is 0.419. The molecule has 1 aliphatic heterocycles. The number of carbonyl (C=O) groups is 2. The molecule has 2 amide bonds. The summed E-state index contributed by atoms with van der Waals surface area (Å²) < 4.78 is 0. The van der Waals surface area contributed by atoms with E-state index >= 15 is 0 Å². The minimum atomic E-state index is -0.240. The van der Waals surface area contributed by atoms with Gasteiger partial charge in [0.25, 0.3) is 0 Å². The van der Waals surface area contributed by atoms with Crippen LogP contribution in [0.5, 0.6) is 0 Å². The Morgan fingerprint density at radius 2 is 1.79 bits per heavy atom. The molecule has 4 heteroatoms. The Morgan fingerprint density at radius 1 is 1.11 bits per heavy atom. The molecular weight excluding hydrogens is 240 g/mol. The lowest BCUT2D eigenvalue weighted by atomic mass is 9.84. The summed E-state index contributed by atoms with van der Waals surface area (Å²) in [4.78, 5) is 25.6. The van der Waals surface area contributed by atoms with Gasteiger partial charge in [-0.1, -0.05) is 13.3 Å². The normalized spacial score (nSPS) is 36.1. The van der Waals surface area contributed by atoms with Crippen molar-refractivity contribution in [2.75, 3.05) is 0 Å². The van der Waals surface area contributed by atoms with Crippen LogP contribution >= 0.6 is 0 Å². The van der Waals surface area contributed by atoms with Crippen LogP contribution in [-0.4, -0.2) is 34.8 Å². The van der Waals surface area contributed by atoms with Gasteiger partial charge in [-0.25, -0.2) is 0 Å². The van der Waals surface area contributed by atoms with Crippen molar-refractivity contribution < 1.29 is 9.59 Å². The van der Waals surface area contributed by atoms with Crippen molar-refractivity contribution in [2.24, 2.45) is 5.92 Å². The third-order valence-corrected chi connectivity index (χ3v) is 4.96. The van der Waals surface area contributed by atoms with Gasteiger partial charge in [0.15, 0.2) is 0 Å². The predicted octanol–water partition coefficient (Wildman–Crippen LogP) is 1.83. The topological polar surface area (TPSA) is 49.4 Å². The maximum absolute atomic E-state index is 12.2. The van der Waals surface area contributed by atoms with E-state index < -0.39 is 0 Å². The Balaban J connectivity index is 1.53. The molecule has 1 atom stereocenters. The first-order valence-corrected chi connectivity index (χ1v) is 7.81. The molecule has 1 unspecified atom stereocenters. The van der Waals surface area contributed by atoms with E-state index in [-0.39, 0.29) is 23.9 Å². The van der Waals surface area contributed by atoms with E-state index in [0.29, 0.717) is 12.5 Å². The fourth-order valence-electron chi connectivity index (χ4n) is 3.52. The van der Waals surface area contributed by atoms with Crippen LogP contribution in [0.3, 0.4) is 0 Å². The Kier molecular flexibility index (Phi) is 3.61.